The predicted octanol–water partition coefficient (Wildman–Crippen LogP) is 2.96. The molecule has 1 aliphatic rings. The first-order valence-electron chi connectivity index (χ1n) is 6.43. The summed E-state index contributed by atoms with van der Waals surface area (Å²) in [7, 11) is 1.52. The van der Waals surface area contributed by atoms with Crippen molar-refractivity contribution in [1.29, 1.82) is 0 Å². The number of fused-ring (bicyclic) bond motifs is 2. The molecular formula is C16H10BrNO4. The average molecular weight is 360 g/mol. The Balaban J connectivity index is 2.42. The lowest BCUT2D eigenvalue weighted by Gasteiger charge is -2.22. The monoisotopic (exact) mass is 359 g/mol. The molecule has 0 unspecified atom stereocenters. The van der Waals surface area contributed by atoms with Crippen LogP contribution < -0.4 is 5.32 Å². The van der Waals surface area contributed by atoms with Crippen LogP contribution in [0.25, 0.3) is 0 Å². The number of carbonyl (C=O) groups is 3. The Hall–Kier alpha value is -2.47. The van der Waals surface area contributed by atoms with E-state index >= 15 is 0 Å². The molecule has 0 amide bonds. The molecule has 0 heterocycles. The van der Waals surface area contributed by atoms with Gasteiger partial charge < -0.3 is 10.4 Å². The van der Waals surface area contributed by atoms with E-state index in [9.17, 15) is 19.5 Å². The number of aromatic carboxylic acids is 1. The van der Waals surface area contributed by atoms with Crippen molar-refractivity contribution in [2.45, 2.75) is 0 Å². The van der Waals surface area contributed by atoms with E-state index in [1.165, 1.54) is 13.1 Å². The molecule has 0 saturated heterocycles. The summed E-state index contributed by atoms with van der Waals surface area (Å²) in [5, 5.41) is 12.1. The maximum absolute atomic E-state index is 12.8. The number of rotatable bonds is 2. The number of nitrogens with one attached hydrogen (secondary N) is 1. The van der Waals surface area contributed by atoms with Gasteiger partial charge in [0.15, 0.2) is 11.6 Å². The van der Waals surface area contributed by atoms with Crippen LogP contribution in [0.15, 0.2) is 34.8 Å². The second-order valence-electron chi connectivity index (χ2n) is 4.79. The summed E-state index contributed by atoms with van der Waals surface area (Å²) in [6, 6.07) is 7.86. The molecule has 22 heavy (non-hydrogen) atoms. The normalized spacial score (nSPS) is 12.6. The molecule has 2 aromatic rings. The second kappa shape index (κ2) is 5.06. The van der Waals surface area contributed by atoms with Gasteiger partial charge in [0.25, 0.3) is 0 Å². The van der Waals surface area contributed by atoms with Crippen LogP contribution in [-0.4, -0.2) is 29.7 Å². The molecule has 3 rings (SSSR count). The van der Waals surface area contributed by atoms with Crippen molar-refractivity contribution >= 4 is 39.2 Å². The minimum atomic E-state index is -1.17. The summed E-state index contributed by atoms with van der Waals surface area (Å²) in [6.45, 7) is 0. The van der Waals surface area contributed by atoms with Crippen LogP contribution in [0.5, 0.6) is 0 Å². The summed E-state index contributed by atoms with van der Waals surface area (Å²) in [6.07, 6.45) is 0. The SMILES string of the molecule is CNc1c(C(=O)O)cc(Br)c2c1C(=O)c1ccccc1C2=O. The zero-order chi connectivity index (χ0) is 16.0. The molecular weight excluding hydrogens is 350 g/mol. The zero-order valence-electron chi connectivity index (χ0n) is 11.4. The largest absolute Gasteiger partial charge is 0.478 e. The van der Waals surface area contributed by atoms with Crippen molar-refractivity contribution in [3.05, 3.63) is 62.6 Å². The number of carboxylic acid groups (broad SMARTS) is 1. The summed E-state index contributed by atoms with van der Waals surface area (Å²) >= 11 is 3.22. The first kappa shape index (κ1) is 14.5. The van der Waals surface area contributed by atoms with Gasteiger partial charge in [0.05, 0.1) is 22.4 Å². The first-order chi connectivity index (χ1) is 10.5. The standard InChI is InChI=1S/C16H10BrNO4/c1-18-13-9(16(21)22)6-10(17)11-12(13)15(20)8-5-3-2-4-7(8)14(11)19/h2-6,18H,1H3,(H,21,22). The lowest BCUT2D eigenvalue weighted by Crippen LogP contribution is -2.24. The minimum absolute atomic E-state index is 0.0614. The third-order valence-corrected chi connectivity index (χ3v) is 4.26. The highest BCUT2D eigenvalue weighted by molar-refractivity contribution is 9.10. The molecule has 110 valence electrons. The molecule has 0 aromatic heterocycles. The maximum atomic E-state index is 12.8. The molecule has 0 spiro atoms. The van der Waals surface area contributed by atoms with Gasteiger partial charge >= 0.3 is 5.97 Å². The van der Waals surface area contributed by atoms with E-state index in [1.807, 2.05) is 0 Å². The lowest BCUT2D eigenvalue weighted by atomic mass is 9.82. The molecule has 5 nitrogen and oxygen atoms in total. The van der Waals surface area contributed by atoms with Crippen LogP contribution >= 0.6 is 15.9 Å². The van der Waals surface area contributed by atoms with Gasteiger partial charge in [0.1, 0.15) is 0 Å². The van der Waals surface area contributed by atoms with Gasteiger partial charge in [-0.2, -0.15) is 0 Å². The Morgan fingerprint density at radius 3 is 2.14 bits per heavy atom. The van der Waals surface area contributed by atoms with E-state index in [-0.39, 0.29) is 39.5 Å². The highest BCUT2D eigenvalue weighted by atomic mass is 79.9. The molecule has 1 aliphatic carbocycles. The van der Waals surface area contributed by atoms with Gasteiger partial charge in [-0.3, -0.25) is 9.59 Å². The quantitative estimate of drug-likeness (QED) is 0.734. The van der Waals surface area contributed by atoms with E-state index < -0.39 is 5.97 Å². The molecule has 6 heteroatoms. The average Bonchev–Trinajstić information content (AvgIpc) is 2.51. The van der Waals surface area contributed by atoms with Crippen LogP contribution in [-0.2, 0) is 0 Å². The third-order valence-electron chi connectivity index (χ3n) is 3.63. The zero-order valence-corrected chi connectivity index (χ0v) is 13.0. The maximum Gasteiger partial charge on any atom is 0.337 e. The number of halogens is 1. The van der Waals surface area contributed by atoms with Crippen molar-refractivity contribution in [3.63, 3.8) is 0 Å². The Morgan fingerprint density at radius 2 is 1.64 bits per heavy atom. The van der Waals surface area contributed by atoms with E-state index in [4.69, 9.17) is 0 Å². The van der Waals surface area contributed by atoms with E-state index in [0.717, 1.165) is 0 Å². The second-order valence-corrected chi connectivity index (χ2v) is 5.64. The van der Waals surface area contributed by atoms with Crippen molar-refractivity contribution in [3.8, 4) is 0 Å². The Morgan fingerprint density at radius 1 is 1.09 bits per heavy atom. The molecule has 0 atom stereocenters. The van der Waals surface area contributed by atoms with Crippen LogP contribution in [0.4, 0.5) is 5.69 Å². The van der Waals surface area contributed by atoms with Gasteiger partial charge in [0.2, 0.25) is 0 Å². The lowest BCUT2D eigenvalue weighted by molar-refractivity contribution is 0.0697. The Labute approximate surface area is 134 Å². The molecule has 0 saturated carbocycles. The van der Waals surface area contributed by atoms with E-state index in [0.29, 0.717) is 10.0 Å². The number of hydrogen-bond acceptors (Lipinski definition) is 4. The van der Waals surface area contributed by atoms with E-state index in [2.05, 4.69) is 21.2 Å². The number of hydrogen-bond donors (Lipinski definition) is 2. The fraction of sp³-hybridized carbons (Fsp3) is 0.0625. The number of anilines is 1. The highest BCUT2D eigenvalue weighted by Gasteiger charge is 2.35. The summed E-state index contributed by atoms with van der Waals surface area (Å²) in [5.74, 6) is -1.84. The smallest absolute Gasteiger partial charge is 0.337 e. The van der Waals surface area contributed by atoms with Crippen molar-refractivity contribution in [2.75, 3.05) is 12.4 Å². The predicted molar refractivity (Wildman–Crippen MR) is 84.0 cm³/mol. The third kappa shape index (κ3) is 1.88. The first-order valence-corrected chi connectivity index (χ1v) is 7.22. The molecule has 0 bridgehead atoms. The van der Waals surface area contributed by atoms with Crippen LogP contribution in [0.1, 0.15) is 42.2 Å². The van der Waals surface area contributed by atoms with Crippen LogP contribution in [0.3, 0.4) is 0 Å². The Kier molecular flexibility index (Phi) is 3.33. The topological polar surface area (TPSA) is 83.5 Å². The number of ketones is 2. The van der Waals surface area contributed by atoms with Gasteiger partial charge in [-0.15, -0.1) is 0 Å². The van der Waals surface area contributed by atoms with Gasteiger partial charge in [-0.25, -0.2) is 4.79 Å². The fourth-order valence-corrected chi connectivity index (χ4v) is 3.28. The van der Waals surface area contributed by atoms with Crippen molar-refractivity contribution in [2.24, 2.45) is 0 Å². The molecule has 2 aromatic carbocycles. The molecule has 2 N–H and O–H groups in total. The van der Waals surface area contributed by atoms with Gasteiger partial charge in [0, 0.05) is 22.6 Å². The number of benzene rings is 2. The number of carboxylic acids is 1. The Bertz CT molecular complexity index is 857. The molecule has 0 fully saturated rings. The summed E-state index contributed by atoms with van der Waals surface area (Å²) < 4.78 is 0.298. The van der Waals surface area contributed by atoms with Crippen molar-refractivity contribution < 1.29 is 19.5 Å². The van der Waals surface area contributed by atoms with Gasteiger partial charge in [-0.05, 0) is 22.0 Å². The summed E-state index contributed by atoms with van der Waals surface area (Å²) in [4.78, 5) is 36.8. The molecule has 0 radical (unpaired) electrons. The fourth-order valence-electron chi connectivity index (χ4n) is 2.68. The number of carbonyl (C=O) groups excluding carboxylic acids is 2. The van der Waals surface area contributed by atoms with Crippen molar-refractivity contribution in [1.82, 2.24) is 0 Å². The summed E-state index contributed by atoms with van der Waals surface area (Å²) in [5.41, 5.74) is 0.986. The highest BCUT2D eigenvalue weighted by Crippen LogP contribution is 2.38. The minimum Gasteiger partial charge on any atom is -0.478 e. The molecule has 0 aliphatic heterocycles. The van der Waals surface area contributed by atoms with Crippen LogP contribution in [0, 0.1) is 0 Å². The van der Waals surface area contributed by atoms with E-state index in [1.54, 1.807) is 24.3 Å². The van der Waals surface area contributed by atoms with Crippen LogP contribution in [0.2, 0.25) is 0 Å². The van der Waals surface area contributed by atoms with Gasteiger partial charge in [-0.1, -0.05) is 24.3 Å².